The maximum Gasteiger partial charge on any atom is 0.251 e. The van der Waals surface area contributed by atoms with Gasteiger partial charge < -0.3 is 5.32 Å². The molecule has 35 heavy (non-hydrogen) atoms. The summed E-state index contributed by atoms with van der Waals surface area (Å²) in [4.78, 5) is 24.0. The zero-order chi connectivity index (χ0) is 25.6. The van der Waals surface area contributed by atoms with Crippen LogP contribution >= 0.6 is 11.6 Å². The van der Waals surface area contributed by atoms with E-state index < -0.39 is 22.1 Å². The predicted octanol–water partition coefficient (Wildman–Crippen LogP) is 5.39. The molecule has 3 rings (SSSR count). The standard InChI is InChI=1S/C27H29ClN2O4S/c1-4-26(22-8-6-5-7-9-22)30(35(33,34)25-16-14-24(28)15-17-25)18-21-10-12-23(13-11-21)27(32)29-19(2)20(3)31/h5-17,19,26H,4,18H2,1-3H3,(H,29,32)/t19-,26?/m1/s1. The van der Waals surface area contributed by atoms with Crippen molar-refractivity contribution in [2.45, 2.75) is 50.7 Å². The lowest BCUT2D eigenvalue weighted by Crippen LogP contribution is -2.37. The van der Waals surface area contributed by atoms with Crippen LogP contribution in [0.3, 0.4) is 0 Å². The van der Waals surface area contributed by atoms with Gasteiger partial charge in [0.05, 0.1) is 17.0 Å². The van der Waals surface area contributed by atoms with Crippen molar-refractivity contribution in [3.05, 3.63) is 101 Å². The van der Waals surface area contributed by atoms with Crippen LogP contribution in [-0.2, 0) is 21.4 Å². The van der Waals surface area contributed by atoms with Crippen molar-refractivity contribution >= 4 is 33.3 Å². The average Bonchev–Trinajstić information content (AvgIpc) is 2.85. The molecule has 8 heteroatoms. The maximum atomic E-state index is 13.8. The second kappa shape index (κ2) is 11.6. The highest BCUT2D eigenvalue weighted by atomic mass is 35.5. The van der Waals surface area contributed by atoms with Crippen molar-refractivity contribution in [3.63, 3.8) is 0 Å². The van der Waals surface area contributed by atoms with E-state index in [4.69, 9.17) is 11.6 Å². The first-order chi connectivity index (χ1) is 16.6. The lowest BCUT2D eigenvalue weighted by molar-refractivity contribution is -0.118. The van der Waals surface area contributed by atoms with Crippen LogP contribution in [0.1, 0.15) is 54.7 Å². The summed E-state index contributed by atoms with van der Waals surface area (Å²) in [7, 11) is -3.87. The van der Waals surface area contributed by atoms with Crippen LogP contribution in [-0.4, -0.2) is 30.5 Å². The molecule has 3 aromatic rings. The number of benzene rings is 3. The third kappa shape index (κ3) is 6.57. The molecule has 1 unspecified atom stereocenters. The monoisotopic (exact) mass is 512 g/mol. The van der Waals surface area contributed by atoms with Crippen molar-refractivity contribution in [1.82, 2.24) is 9.62 Å². The fourth-order valence-electron chi connectivity index (χ4n) is 3.71. The van der Waals surface area contributed by atoms with Crippen molar-refractivity contribution in [2.75, 3.05) is 0 Å². The van der Waals surface area contributed by atoms with Crippen LogP contribution in [0.2, 0.25) is 5.02 Å². The molecule has 0 spiro atoms. The molecule has 0 aliphatic rings. The number of carbonyl (C=O) groups excluding carboxylic acids is 2. The summed E-state index contributed by atoms with van der Waals surface area (Å²) in [5.74, 6) is -0.495. The summed E-state index contributed by atoms with van der Waals surface area (Å²) in [6.45, 7) is 5.11. The van der Waals surface area contributed by atoms with Gasteiger partial charge in [0.15, 0.2) is 5.78 Å². The van der Waals surface area contributed by atoms with Gasteiger partial charge in [-0.1, -0.05) is 61.0 Å². The Morgan fingerprint density at radius 1 is 0.943 bits per heavy atom. The minimum atomic E-state index is -3.87. The molecular weight excluding hydrogens is 484 g/mol. The maximum absolute atomic E-state index is 13.8. The number of sulfonamides is 1. The molecule has 1 amide bonds. The second-order valence-electron chi connectivity index (χ2n) is 8.34. The van der Waals surface area contributed by atoms with E-state index in [2.05, 4.69) is 5.32 Å². The van der Waals surface area contributed by atoms with Crippen molar-refractivity contribution in [1.29, 1.82) is 0 Å². The fraction of sp³-hybridized carbons (Fsp3) is 0.259. The molecule has 1 N–H and O–H groups in total. The molecule has 0 saturated carbocycles. The van der Waals surface area contributed by atoms with Crippen molar-refractivity contribution < 1.29 is 18.0 Å². The van der Waals surface area contributed by atoms with E-state index in [0.29, 0.717) is 17.0 Å². The Morgan fingerprint density at radius 2 is 1.54 bits per heavy atom. The molecule has 0 saturated heterocycles. The molecule has 0 aromatic heterocycles. The van der Waals surface area contributed by atoms with E-state index in [9.17, 15) is 18.0 Å². The van der Waals surface area contributed by atoms with E-state index in [1.807, 2.05) is 37.3 Å². The van der Waals surface area contributed by atoms with Gasteiger partial charge in [0, 0.05) is 17.1 Å². The number of nitrogens with zero attached hydrogens (tertiary/aromatic N) is 1. The molecule has 0 aliphatic heterocycles. The van der Waals surface area contributed by atoms with Crippen molar-refractivity contribution in [2.24, 2.45) is 0 Å². The summed E-state index contributed by atoms with van der Waals surface area (Å²) in [6.07, 6.45) is 0.570. The molecule has 0 fully saturated rings. The number of hydrogen-bond donors (Lipinski definition) is 1. The highest BCUT2D eigenvalue weighted by molar-refractivity contribution is 7.89. The van der Waals surface area contributed by atoms with Crippen LogP contribution in [0.25, 0.3) is 0 Å². The zero-order valence-electron chi connectivity index (χ0n) is 19.9. The van der Waals surface area contributed by atoms with Gasteiger partial charge in [0.1, 0.15) is 0 Å². The summed E-state index contributed by atoms with van der Waals surface area (Å²) in [5.41, 5.74) is 2.01. The topological polar surface area (TPSA) is 83.6 Å². The average molecular weight is 513 g/mol. The normalized spacial score (nSPS) is 13.3. The van der Waals surface area contributed by atoms with Crippen LogP contribution < -0.4 is 5.32 Å². The summed E-state index contributed by atoms with van der Waals surface area (Å²) < 4.78 is 29.0. The Bertz CT molecular complexity index is 1260. The first kappa shape index (κ1) is 26.6. The largest absolute Gasteiger partial charge is 0.343 e. The van der Waals surface area contributed by atoms with Crippen LogP contribution in [0.15, 0.2) is 83.8 Å². The number of amides is 1. The molecule has 0 radical (unpaired) electrons. The molecule has 0 bridgehead atoms. The number of ketones is 1. The van der Waals surface area contributed by atoms with E-state index in [-0.39, 0.29) is 23.1 Å². The van der Waals surface area contributed by atoms with Gasteiger partial charge in [-0.2, -0.15) is 4.31 Å². The van der Waals surface area contributed by atoms with Gasteiger partial charge in [-0.25, -0.2) is 8.42 Å². The summed E-state index contributed by atoms with van der Waals surface area (Å²) in [5, 5.41) is 3.11. The van der Waals surface area contributed by atoms with E-state index in [0.717, 1.165) is 11.1 Å². The molecule has 0 heterocycles. The van der Waals surface area contributed by atoms with Gasteiger partial charge in [-0.15, -0.1) is 0 Å². The number of rotatable bonds is 10. The van der Waals surface area contributed by atoms with E-state index in [1.54, 1.807) is 43.3 Å². The molecule has 0 aliphatic carbocycles. The Balaban J connectivity index is 1.95. The number of hydrogen-bond acceptors (Lipinski definition) is 4. The van der Waals surface area contributed by atoms with Crippen LogP contribution in [0.5, 0.6) is 0 Å². The van der Waals surface area contributed by atoms with Gasteiger partial charge >= 0.3 is 0 Å². The Morgan fingerprint density at radius 3 is 2.09 bits per heavy atom. The zero-order valence-corrected chi connectivity index (χ0v) is 21.5. The quantitative estimate of drug-likeness (QED) is 0.395. The van der Waals surface area contributed by atoms with Gasteiger partial charge in [0.25, 0.3) is 5.91 Å². The third-order valence-corrected chi connectivity index (χ3v) is 7.97. The highest BCUT2D eigenvalue weighted by Gasteiger charge is 2.32. The molecule has 184 valence electrons. The fourth-order valence-corrected chi connectivity index (χ4v) is 5.51. The van der Waals surface area contributed by atoms with Crippen LogP contribution in [0.4, 0.5) is 0 Å². The first-order valence-electron chi connectivity index (χ1n) is 11.4. The van der Waals surface area contributed by atoms with Crippen molar-refractivity contribution in [3.8, 4) is 0 Å². The number of nitrogens with one attached hydrogen (secondary N) is 1. The molecule has 2 atom stereocenters. The molecule has 3 aromatic carbocycles. The smallest absolute Gasteiger partial charge is 0.251 e. The second-order valence-corrected chi connectivity index (χ2v) is 10.7. The molecule has 6 nitrogen and oxygen atoms in total. The number of halogens is 1. The number of carbonyl (C=O) groups is 2. The van der Waals surface area contributed by atoms with Gasteiger partial charge in [0.2, 0.25) is 10.0 Å². The lowest BCUT2D eigenvalue weighted by Gasteiger charge is -2.31. The molecular formula is C27H29ClN2O4S. The highest BCUT2D eigenvalue weighted by Crippen LogP contribution is 2.32. The minimum absolute atomic E-state index is 0.115. The Hall–Kier alpha value is -3.00. The lowest BCUT2D eigenvalue weighted by atomic mass is 10.0. The van der Waals surface area contributed by atoms with E-state index in [1.165, 1.54) is 23.4 Å². The Labute approximate surface area is 212 Å². The number of Topliss-reactive ketones (excluding diaryl/α,β-unsaturated/α-hetero) is 1. The predicted molar refractivity (Wildman–Crippen MR) is 138 cm³/mol. The van der Waals surface area contributed by atoms with Gasteiger partial charge in [-0.3, -0.25) is 9.59 Å². The SMILES string of the molecule is CCC(c1ccccc1)N(Cc1ccc(C(=O)N[C@H](C)C(C)=O)cc1)S(=O)(=O)c1ccc(Cl)cc1. The van der Waals surface area contributed by atoms with Gasteiger partial charge in [-0.05, 0) is 67.8 Å². The third-order valence-electron chi connectivity index (χ3n) is 5.85. The first-order valence-corrected chi connectivity index (χ1v) is 13.2. The summed E-state index contributed by atoms with van der Waals surface area (Å²) >= 11 is 5.99. The van der Waals surface area contributed by atoms with E-state index >= 15 is 0 Å². The van der Waals surface area contributed by atoms with Crippen LogP contribution in [0, 0.1) is 0 Å². The summed E-state index contributed by atoms with van der Waals surface area (Å²) in [6, 6.07) is 21.4. The minimum Gasteiger partial charge on any atom is -0.343 e. The Kier molecular flexibility index (Phi) is 8.83.